The predicted octanol–water partition coefficient (Wildman–Crippen LogP) is 2.11. The lowest BCUT2D eigenvalue weighted by Gasteiger charge is -2.21. The Kier molecular flexibility index (Phi) is 3.11. The van der Waals surface area contributed by atoms with Gasteiger partial charge in [-0.05, 0) is 25.5 Å². The van der Waals surface area contributed by atoms with Crippen LogP contribution in [0.5, 0.6) is 0 Å². The first-order chi connectivity index (χ1) is 7.27. The van der Waals surface area contributed by atoms with Gasteiger partial charge >= 0.3 is 0 Å². The summed E-state index contributed by atoms with van der Waals surface area (Å²) in [5, 5.41) is 3.45. The molecule has 15 heavy (non-hydrogen) atoms. The number of rotatable bonds is 3. The molecule has 1 aromatic rings. The standard InChI is InChI=1S/C12H18N2O/c1-9(10-6-7-15-8-10)14-12-5-3-2-4-11(12)13/h2-5,9-10,14H,6-8,13H2,1H3. The van der Waals surface area contributed by atoms with E-state index in [9.17, 15) is 0 Å². The van der Waals surface area contributed by atoms with E-state index >= 15 is 0 Å². The van der Waals surface area contributed by atoms with E-state index in [2.05, 4.69) is 12.2 Å². The molecule has 0 amide bonds. The number of benzene rings is 1. The zero-order valence-electron chi connectivity index (χ0n) is 9.07. The van der Waals surface area contributed by atoms with E-state index in [4.69, 9.17) is 10.5 Å². The number of anilines is 2. The molecule has 1 heterocycles. The van der Waals surface area contributed by atoms with Crippen molar-refractivity contribution in [2.45, 2.75) is 19.4 Å². The van der Waals surface area contributed by atoms with Gasteiger partial charge in [0.1, 0.15) is 0 Å². The topological polar surface area (TPSA) is 47.3 Å². The van der Waals surface area contributed by atoms with Gasteiger partial charge in [-0.25, -0.2) is 0 Å². The van der Waals surface area contributed by atoms with Crippen molar-refractivity contribution in [3.05, 3.63) is 24.3 Å². The molecule has 0 radical (unpaired) electrons. The molecule has 1 aliphatic rings. The van der Waals surface area contributed by atoms with Gasteiger partial charge in [-0.2, -0.15) is 0 Å². The first-order valence-corrected chi connectivity index (χ1v) is 5.46. The van der Waals surface area contributed by atoms with Gasteiger partial charge in [0.05, 0.1) is 18.0 Å². The number of nitrogen functional groups attached to an aromatic ring is 1. The molecule has 1 aromatic carbocycles. The van der Waals surface area contributed by atoms with Crippen LogP contribution in [0.1, 0.15) is 13.3 Å². The number of nitrogens with one attached hydrogen (secondary N) is 1. The second-order valence-corrected chi connectivity index (χ2v) is 4.14. The van der Waals surface area contributed by atoms with Gasteiger partial charge in [0.25, 0.3) is 0 Å². The van der Waals surface area contributed by atoms with Crippen LogP contribution < -0.4 is 11.1 Å². The summed E-state index contributed by atoms with van der Waals surface area (Å²) in [4.78, 5) is 0. The fourth-order valence-corrected chi connectivity index (χ4v) is 1.94. The van der Waals surface area contributed by atoms with Gasteiger partial charge in [-0.15, -0.1) is 0 Å². The largest absolute Gasteiger partial charge is 0.397 e. The van der Waals surface area contributed by atoms with Gasteiger partial charge in [-0.1, -0.05) is 12.1 Å². The number of para-hydroxylation sites is 2. The number of nitrogens with two attached hydrogens (primary N) is 1. The smallest absolute Gasteiger partial charge is 0.0576 e. The Hall–Kier alpha value is -1.22. The number of hydrogen-bond acceptors (Lipinski definition) is 3. The molecule has 3 N–H and O–H groups in total. The minimum Gasteiger partial charge on any atom is -0.397 e. The van der Waals surface area contributed by atoms with Gasteiger partial charge in [0.2, 0.25) is 0 Å². The van der Waals surface area contributed by atoms with Crippen LogP contribution in [0, 0.1) is 5.92 Å². The zero-order chi connectivity index (χ0) is 10.7. The predicted molar refractivity (Wildman–Crippen MR) is 62.9 cm³/mol. The highest BCUT2D eigenvalue weighted by Crippen LogP contribution is 2.23. The quantitative estimate of drug-likeness (QED) is 0.745. The van der Waals surface area contributed by atoms with Gasteiger partial charge < -0.3 is 15.8 Å². The summed E-state index contributed by atoms with van der Waals surface area (Å²) in [6, 6.07) is 8.29. The van der Waals surface area contributed by atoms with Crippen LogP contribution in [0.4, 0.5) is 11.4 Å². The maximum atomic E-state index is 5.87. The molecule has 0 aliphatic carbocycles. The molecule has 0 aromatic heterocycles. The third kappa shape index (κ3) is 2.42. The highest BCUT2D eigenvalue weighted by atomic mass is 16.5. The lowest BCUT2D eigenvalue weighted by molar-refractivity contribution is 0.183. The van der Waals surface area contributed by atoms with Crippen LogP contribution >= 0.6 is 0 Å². The summed E-state index contributed by atoms with van der Waals surface area (Å²) >= 11 is 0. The Morgan fingerprint density at radius 2 is 2.27 bits per heavy atom. The van der Waals surface area contributed by atoms with Crippen molar-refractivity contribution >= 4 is 11.4 Å². The Balaban J connectivity index is 1.99. The van der Waals surface area contributed by atoms with Crippen LogP contribution in [0.15, 0.2) is 24.3 Å². The monoisotopic (exact) mass is 206 g/mol. The minimum atomic E-state index is 0.414. The molecule has 3 nitrogen and oxygen atoms in total. The lowest BCUT2D eigenvalue weighted by atomic mass is 10.0. The minimum absolute atomic E-state index is 0.414. The molecular weight excluding hydrogens is 188 g/mol. The Morgan fingerprint density at radius 1 is 1.47 bits per heavy atom. The molecule has 82 valence electrons. The van der Waals surface area contributed by atoms with Crippen molar-refractivity contribution in [3.8, 4) is 0 Å². The summed E-state index contributed by atoms with van der Waals surface area (Å²) in [7, 11) is 0. The molecule has 1 fully saturated rings. The summed E-state index contributed by atoms with van der Waals surface area (Å²) in [5.74, 6) is 0.601. The van der Waals surface area contributed by atoms with Crippen LogP contribution in [0.25, 0.3) is 0 Å². The van der Waals surface area contributed by atoms with Crippen LogP contribution in [-0.4, -0.2) is 19.3 Å². The number of ether oxygens (including phenoxy) is 1. The van der Waals surface area contributed by atoms with E-state index in [-0.39, 0.29) is 0 Å². The molecule has 2 unspecified atom stereocenters. The van der Waals surface area contributed by atoms with Crippen molar-refractivity contribution < 1.29 is 4.74 Å². The van der Waals surface area contributed by atoms with E-state index in [0.29, 0.717) is 12.0 Å². The summed E-state index contributed by atoms with van der Waals surface area (Å²) < 4.78 is 5.37. The Labute approximate surface area is 90.6 Å². The van der Waals surface area contributed by atoms with E-state index in [1.807, 2.05) is 24.3 Å². The summed E-state index contributed by atoms with van der Waals surface area (Å²) in [6.45, 7) is 3.94. The zero-order valence-corrected chi connectivity index (χ0v) is 9.07. The first-order valence-electron chi connectivity index (χ1n) is 5.46. The average Bonchev–Trinajstić information content (AvgIpc) is 2.74. The van der Waals surface area contributed by atoms with Crippen LogP contribution in [-0.2, 0) is 4.74 Å². The SMILES string of the molecule is CC(Nc1ccccc1N)C1CCOC1. The second-order valence-electron chi connectivity index (χ2n) is 4.14. The van der Waals surface area contributed by atoms with Crippen molar-refractivity contribution in [3.63, 3.8) is 0 Å². The van der Waals surface area contributed by atoms with Gasteiger partial charge in [0.15, 0.2) is 0 Å². The Morgan fingerprint density at radius 3 is 2.93 bits per heavy atom. The highest BCUT2D eigenvalue weighted by molar-refractivity contribution is 5.65. The molecule has 1 saturated heterocycles. The number of hydrogen-bond donors (Lipinski definition) is 2. The van der Waals surface area contributed by atoms with Crippen molar-refractivity contribution in [1.29, 1.82) is 0 Å². The molecular formula is C12H18N2O. The van der Waals surface area contributed by atoms with E-state index in [1.165, 1.54) is 0 Å². The average molecular weight is 206 g/mol. The first kappa shape index (κ1) is 10.3. The highest BCUT2D eigenvalue weighted by Gasteiger charge is 2.22. The fraction of sp³-hybridized carbons (Fsp3) is 0.500. The molecule has 1 aliphatic heterocycles. The summed E-state index contributed by atoms with van der Waals surface area (Å²) in [5.41, 5.74) is 7.71. The van der Waals surface area contributed by atoms with E-state index in [1.54, 1.807) is 0 Å². The van der Waals surface area contributed by atoms with Crippen LogP contribution in [0.3, 0.4) is 0 Å². The maximum Gasteiger partial charge on any atom is 0.0576 e. The normalized spacial score (nSPS) is 22.6. The fourth-order valence-electron chi connectivity index (χ4n) is 1.94. The van der Waals surface area contributed by atoms with Crippen molar-refractivity contribution in [2.24, 2.45) is 5.92 Å². The third-order valence-corrected chi connectivity index (χ3v) is 3.02. The molecule has 3 heteroatoms. The van der Waals surface area contributed by atoms with Gasteiger partial charge in [0, 0.05) is 18.6 Å². The third-order valence-electron chi connectivity index (χ3n) is 3.02. The molecule has 0 bridgehead atoms. The molecule has 2 atom stereocenters. The second kappa shape index (κ2) is 4.53. The van der Waals surface area contributed by atoms with Crippen LogP contribution in [0.2, 0.25) is 0 Å². The lowest BCUT2D eigenvalue weighted by Crippen LogP contribution is -2.26. The van der Waals surface area contributed by atoms with E-state index in [0.717, 1.165) is 31.0 Å². The molecule has 0 spiro atoms. The molecule has 2 rings (SSSR count). The van der Waals surface area contributed by atoms with Gasteiger partial charge in [-0.3, -0.25) is 0 Å². The summed E-state index contributed by atoms with van der Waals surface area (Å²) in [6.07, 6.45) is 1.14. The maximum absolute atomic E-state index is 5.87. The van der Waals surface area contributed by atoms with Crippen molar-refractivity contribution in [1.82, 2.24) is 0 Å². The Bertz CT molecular complexity index is 321. The van der Waals surface area contributed by atoms with Crippen molar-refractivity contribution in [2.75, 3.05) is 24.3 Å². The van der Waals surface area contributed by atoms with E-state index < -0.39 is 0 Å². The molecule has 0 saturated carbocycles.